The molecule has 0 bridgehead atoms. The van der Waals surface area contributed by atoms with Gasteiger partial charge in [0.1, 0.15) is 11.5 Å². The summed E-state index contributed by atoms with van der Waals surface area (Å²) < 4.78 is 77.9. The molecule has 1 aliphatic rings. The van der Waals surface area contributed by atoms with Gasteiger partial charge < -0.3 is 14.8 Å². The molecular weight excluding hydrogens is 465 g/mol. The summed E-state index contributed by atoms with van der Waals surface area (Å²) in [6.45, 7) is 2.47. The minimum absolute atomic E-state index is 0.0990. The summed E-state index contributed by atoms with van der Waals surface area (Å²) in [6.07, 6.45) is -4.90. The predicted molar refractivity (Wildman–Crippen MR) is 110 cm³/mol. The molecule has 2 aromatic rings. The molecule has 0 saturated heterocycles. The van der Waals surface area contributed by atoms with Crippen LogP contribution in [0, 0.1) is 17.7 Å². The Morgan fingerprint density at radius 3 is 2.35 bits per heavy atom. The van der Waals surface area contributed by atoms with Crippen molar-refractivity contribution in [3.63, 3.8) is 0 Å². The van der Waals surface area contributed by atoms with E-state index in [1.54, 1.807) is 0 Å². The zero-order valence-corrected chi connectivity index (χ0v) is 18.7. The standard InChI is InChI=1S/C22H22F5N3O4/c1-21(2,24)9-15-18(28-14-7-10(22(25,26)27)5-6-13(14)23)30-16(19(29-15)33-3)17(31)11-8-12(11)20(32)34-4/h5-7,11-12H,8-9H2,1-4H3,(H,28,30). The van der Waals surface area contributed by atoms with Crippen molar-refractivity contribution in [1.29, 1.82) is 0 Å². The molecule has 0 amide bonds. The highest BCUT2D eigenvalue weighted by Gasteiger charge is 2.50. The van der Waals surface area contributed by atoms with E-state index in [1.807, 2.05) is 0 Å². The molecule has 34 heavy (non-hydrogen) atoms. The van der Waals surface area contributed by atoms with Gasteiger partial charge in [-0.15, -0.1) is 0 Å². The third-order valence-electron chi connectivity index (χ3n) is 5.13. The van der Waals surface area contributed by atoms with Gasteiger partial charge in [-0.1, -0.05) is 0 Å². The van der Waals surface area contributed by atoms with Crippen molar-refractivity contribution in [3.8, 4) is 5.88 Å². The van der Waals surface area contributed by atoms with E-state index < -0.39 is 52.5 Å². The highest BCUT2D eigenvalue weighted by molar-refractivity contribution is 6.03. The first-order valence-electron chi connectivity index (χ1n) is 10.1. The molecule has 1 heterocycles. The number of rotatable bonds is 8. The molecule has 2 unspecified atom stereocenters. The number of Topliss-reactive ketones (excluding diaryl/α,β-unsaturated/α-hetero) is 1. The van der Waals surface area contributed by atoms with E-state index in [4.69, 9.17) is 4.74 Å². The van der Waals surface area contributed by atoms with Crippen molar-refractivity contribution in [2.45, 2.75) is 38.5 Å². The topological polar surface area (TPSA) is 90.4 Å². The molecule has 1 fully saturated rings. The van der Waals surface area contributed by atoms with Crippen molar-refractivity contribution in [2.24, 2.45) is 11.8 Å². The first-order valence-corrected chi connectivity index (χ1v) is 10.1. The summed E-state index contributed by atoms with van der Waals surface area (Å²) in [5, 5.41) is 2.41. The lowest BCUT2D eigenvalue weighted by Crippen LogP contribution is -2.21. The average molecular weight is 487 g/mol. The highest BCUT2D eigenvalue weighted by Crippen LogP contribution is 2.43. The van der Waals surface area contributed by atoms with Gasteiger partial charge >= 0.3 is 12.1 Å². The maximum atomic E-state index is 14.4. The normalized spacial score (nSPS) is 17.8. The molecule has 2 atom stereocenters. The molecular formula is C22H22F5N3O4. The van der Waals surface area contributed by atoms with Crippen LogP contribution in [0.3, 0.4) is 0 Å². The van der Waals surface area contributed by atoms with E-state index in [2.05, 4.69) is 20.0 Å². The van der Waals surface area contributed by atoms with E-state index in [9.17, 15) is 31.5 Å². The number of carbonyl (C=O) groups is 2. The van der Waals surface area contributed by atoms with Crippen molar-refractivity contribution >= 4 is 23.3 Å². The Bertz CT molecular complexity index is 1110. The van der Waals surface area contributed by atoms with Crippen LogP contribution in [0.5, 0.6) is 5.88 Å². The van der Waals surface area contributed by atoms with Crippen LogP contribution in [0.2, 0.25) is 0 Å². The summed E-state index contributed by atoms with van der Waals surface area (Å²) in [4.78, 5) is 32.9. The lowest BCUT2D eigenvalue weighted by molar-refractivity contribution is -0.142. The molecule has 1 aromatic heterocycles. The number of benzene rings is 1. The third-order valence-corrected chi connectivity index (χ3v) is 5.13. The number of ketones is 1. The summed E-state index contributed by atoms with van der Waals surface area (Å²) in [7, 11) is 2.39. The Morgan fingerprint density at radius 2 is 1.79 bits per heavy atom. The Morgan fingerprint density at radius 1 is 1.12 bits per heavy atom. The third kappa shape index (κ3) is 5.60. The average Bonchev–Trinajstić information content (AvgIpc) is 3.54. The molecule has 1 N–H and O–H groups in total. The fourth-order valence-corrected chi connectivity index (χ4v) is 3.37. The van der Waals surface area contributed by atoms with Gasteiger partial charge in [0, 0.05) is 12.3 Å². The van der Waals surface area contributed by atoms with Gasteiger partial charge in [0.05, 0.1) is 37.1 Å². The first kappa shape index (κ1) is 25.3. The first-order chi connectivity index (χ1) is 15.7. The van der Waals surface area contributed by atoms with Crippen molar-refractivity contribution < 1.29 is 41.0 Å². The van der Waals surface area contributed by atoms with E-state index in [1.165, 1.54) is 28.1 Å². The molecule has 0 spiro atoms. The SMILES string of the molecule is COC(=O)C1CC1C(=O)c1nc(Nc2cc(C(F)(F)F)ccc2F)c(CC(C)(C)F)nc1OC. The second-order valence-electron chi connectivity index (χ2n) is 8.43. The van der Waals surface area contributed by atoms with Crippen LogP contribution in [-0.4, -0.2) is 41.6 Å². The molecule has 1 aliphatic carbocycles. The molecule has 12 heteroatoms. The highest BCUT2D eigenvalue weighted by atomic mass is 19.4. The Labute approximate surface area is 191 Å². The molecule has 7 nitrogen and oxygen atoms in total. The van der Waals surface area contributed by atoms with Gasteiger partial charge in [-0.25, -0.2) is 18.7 Å². The van der Waals surface area contributed by atoms with Gasteiger partial charge in [-0.05, 0) is 38.5 Å². The van der Waals surface area contributed by atoms with E-state index in [0.717, 1.165) is 0 Å². The second-order valence-corrected chi connectivity index (χ2v) is 8.43. The zero-order valence-electron chi connectivity index (χ0n) is 18.7. The maximum Gasteiger partial charge on any atom is 0.416 e. The Balaban J connectivity index is 2.07. The number of carbonyl (C=O) groups excluding carboxylic acids is 2. The number of esters is 1. The van der Waals surface area contributed by atoms with E-state index >= 15 is 0 Å². The summed E-state index contributed by atoms with van der Waals surface area (Å²) in [5.74, 6) is -4.22. The number of alkyl halides is 4. The minimum atomic E-state index is -4.74. The van der Waals surface area contributed by atoms with E-state index in [-0.39, 0.29) is 35.9 Å². The maximum absolute atomic E-state index is 14.4. The lowest BCUT2D eigenvalue weighted by atomic mass is 10.0. The fourth-order valence-electron chi connectivity index (χ4n) is 3.37. The van der Waals surface area contributed by atoms with Gasteiger partial charge in [-0.3, -0.25) is 9.59 Å². The van der Waals surface area contributed by atoms with Gasteiger partial charge in [-0.2, -0.15) is 13.2 Å². The number of halogens is 5. The van der Waals surface area contributed by atoms with Crippen LogP contribution < -0.4 is 10.1 Å². The number of nitrogens with one attached hydrogen (secondary N) is 1. The molecule has 0 aliphatic heterocycles. The summed E-state index contributed by atoms with van der Waals surface area (Å²) in [5.41, 5.74) is -3.97. The minimum Gasteiger partial charge on any atom is -0.479 e. The zero-order chi connectivity index (χ0) is 25.4. The molecule has 1 saturated carbocycles. The molecule has 184 valence electrons. The predicted octanol–water partition coefficient (Wildman–Crippen LogP) is 4.67. The number of ether oxygens (including phenoxy) is 2. The van der Waals surface area contributed by atoms with Crippen LogP contribution in [0.15, 0.2) is 18.2 Å². The monoisotopic (exact) mass is 487 g/mol. The van der Waals surface area contributed by atoms with Crippen molar-refractivity contribution in [3.05, 3.63) is 41.0 Å². The van der Waals surface area contributed by atoms with Crippen LogP contribution >= 0.6 is 0 Å². The summed E-state index contributed by atoms with van der Waals surface area (Å²) in [6, 6.07) is 1.72. The number of methoxy groups -OCH3 is 2. The van der Waals surface area contributed by atoms with Gasteiger partial charge in [0.15, 0.2) is 17.3 Å². The fraction of sp³-hybridized carbons (Fsp3) is 0.455. The second kappa shape index (κ2) is 9.15. The largest absolute Gasteiger partial charge is 0.479 e. The number of anilines is 2. The van der Waals surface area contributed by atoms with E-state index in [0.29, 0.717) is 18.2 Å². The quantitative estimate of drug-likeness (QED) is 0.329. The van der Waals surface area contributed by atoms with Gasteiger partial charge in [0.2, 0.25) is 5.88 Å². The number of nitrogens with zero attached hydrogens (tertiary/aromatic N) is 2. The van der Waals surface area contributed by atoms with Crippen LogP contribution in [0.4, 0.5) is 33.5 Å². The Hall–Kier alpha value is -3.31. The lowest BCUT2D eigenvalue weighted by Gasteiger charge is -2.19. The smallest absolute Gasteiger partial charge is 0.416 e. The van der Waals surface area contributed by atoms with Crippen LogP contribution in [-0.2, 0) is 22.1 Å². The van der Waals surface area contributed by atoms with Crippen LogP contribution in [0.25, 0.3) is 0 Å². The molecule has 1 aromatic carbocycles. The Kier molecular flexibility index (Phi) is 6.81. The number of hydrogen-bond acceptors (Lipinski definition) is 7. The van der Waals surface area contributed by atoms with Crippen LogP contribution in [0.1, 0.15) is 42.0 Å². The molecule has 0 radical (unpaired) electrons. The van der Waals surface area contributed by atoms with Crippen molar-refractivity contribution in [2.75, 3.05) is 19.5 Å². The van der Waals surface area contributed by atoms with Crippen molar-refractivity contribution in [1.82, 2.24) is 9.97 Å². The van der Waals surface area contributed by atoms with Gasteiger partial charge in [0.25, 0.3) is 0 Å². The number of hydrogen-bond donors (Lipinski definition) is 1. The molecule has 3 rings (SSSR count). The number of aromatic nitrogens is 2. The summed E-state index contributed by atoms with van der Waals surface area (Å²) >= 11 is 0.